The van der Waals surface area contributed by atoms with Gasteiger partial charge in [-0.1, -0.05) is 18.2 Å². The first-order valence-electron chi connectivity index (χ1n) is 8.65. The van der Waals surface area contributed by atoms with Crippen LogP contribution in [0.25, 0.3) is 0 Å². The van der Waals surface area contributed by atoms with E-state index >= 15 is 0 Å². The van der Waals surface area contributed by atoms with Gasteiger partial charge in [-0.05, 0) is 50.2 Å². The molecule has 24 heavy (non-hydrogen) atoms. The third-order valence-corrected chi connectivity index (χ3v) is 5.07. The van der Waals surface area contributed by atoms with E-state index < -0.39 is 5.97 Å². The fraction of sp³-hybridized carbons (Fsp3) is 0.556. The Hall–Kier alpha value is -1.92. The number of nitrogens with zero attached hydrogens (tertiary/aromatic N) is 1. The topological polar surface area (TPSA) is 81.7 Å². The van der Waals surface area contributed by atoms with Gasteiger partial charge >= 0.3 is 5.97 Å². The summed E-state index contributed by atoms with van der Waals surface area (Å²) in [6.45, 7) is 3.57. The Kier molecular flexibility index (Phi) is 5.16. The van der Waals surface area contributed by atoms with Gasteiger partial charge in [-0.15, -0.1) is 0 Å². The van der Waals surface area contributed by atoms with Crippen LogP contribution in [0.1, 0.15) is 42.1 Å². The molecule has 2 atom stereocenters. The minimum Gasteiger partial charge on any atom is -0.478 e. The van der Waals surface area contributed by atoms with Gasteiger partial charge in [0.25, 0.3) is 0 Å². The number of amides is 1. The zero-order valence-electron chi connectivity index (χ0n) is 14.0. The number of nitrogens with one attached hydrogen (secondary N) is 2. The molecule has 6 heteroatoms. The van der Waals surface area contributed by atoms with Gasteiger partial charge in [0.05, 0.1) is 5.56 Å². The summed E-state index contributed by atoms with van der Waals surface area (Å²) in [7, 11) is 0. The number of piperidine rings is 1. The number of hydrogen-bond acceptors (Lipinski definition) is 4. The molecule has 2 saturated heterocycles. The van der Waals surface area contributed by atoms with Crippen molar-refractivity contribution in [3.05, 3.63) is 35.4 Å². The molecule has 1 aromatic rings. The van der Waals surface area contributed by atoms with Crippen molar-refractivity contribution in [3.8, 4) is 0 Å². The quantitative estimate of drug-likeness (QED) is 0.777. The van der Waals surface area contributed by atoms with Crippen molar-refractivity contribution in [2.45, 2.75) is 44.7 Å². The van der Waals surface area contributed by atoms with Crippen molar-refractivity contribution in [1.82, 2.24) is 15.8 Å². The SMILES string of the molecule is CC1CC(C(=O)N2CCC(Cc3ccccc3C(=O)O)CC2)NN1. The Morgan fingerprint density at radius 2 is 1.92 bits per heavy atom. The van der Waals surface area contributed by atoms with Crippen LogP contribution in [-0.2, 0) is 11.2 Å². The van der Waals surface area contributed by atoms with Crippen molar-refractivity contribution in [1.29, 1.82) is 0 Å². The maximum atomic E-state index is 12.5. The van der Waals surface area contributed by atoms with Gasteiger partial charge in [0.1, 0.15) is 6.04 Å². The summed E-state index contributed by atoms with van der Waals surface area (Å²) in [4.78, 5) is 25.8. The number of aromatic carboxylic acids is 1. The lowest BCUT2D eigenvalue weighted by Crippen LogP contribution is -2.48. The molecule has 130 valence electrons. The summed E-state index contributed by atoms with van der Waals surface area (Å²) in [6.07, 6.45) is 3.44. The number of carbonyl (C=O) groups excluding carboxylic acids is 1. The average molecular weight is 331 g/mol. The molecule has 0 radical (unpaired) electrons. The summed E-state index contributed by atoms with van der Waals surface area (Å²) in [6, 6.07) is 7.42. The molecule has 0 aliphatic carbocycles. The predicted octanol–water partition coefficient (Wildman–Crippen LogP) is 1.42. The molecule has 0 saturated carbocycles. The van der Waals surface area contributed by atoms with Crippen LogP contribution in [0.4, 0.5) is 0 Å². The minimum atomic E-state index is -0.868. The third-order valence-electron chi connectivity index (χ3n) is 5.07. The lowest BCUT2D eigenvalue weighted by atomic mass is 9.88. The number of likely N-dealkylation sites (tertiary alicyclic amines) is 1. The molecule has 1 aromatic carbocycles. The Balaban J connectivity index is 1.54. The second kappa shape index (κ2) is 7.32. The lowest BCUT2D eigenvalue weighted by molar-refractivity contribution is -0.134. The zero-order chi connectivity index (χ0) is 17.1. The second-order valence-electron chi connectivity index (χ2n) is 6.91. The van der Waals surface area contributed by atoms with E-state index in [-0.39, 0.29) is 11.9 Å². The summed E-state index contributed by atoms with van der Waals surface area (Å²) >= 11 is 0. The highest BCUT2D eigenvalue weighted by molar-refractivity contribution is 5.89. The van der Waals surface area contributed by atoms with Crippen LogP contribution in [0.2, 0.25) is 0 Å². The minimum absolute atomic E-state index is 0.121. The van der Waals surface area contributed by atoms with Crippen LogP contribution in [0.15, 0.2) is 24.3 Å². The summed E-state index contributed by atoms with van der Waals surface area (Å²) in [5.74, 6) is -0.258. The molecule has 1 amide bonds. The van der Waals surface area contributed by atoms with Crippen molar-refractivity contribution in [2.24, 2.45) is 5.92 Å². The molecule has 2 fully saturated rings. The van der Waals surface area contributed by atoms with E-state index in [1.54, 1.807) is 12.1 Å². The zero-order valence-corrected chi connectivity index (χ0v) is 14.0. The number of benzene rings is 1. The number of carboxylic acids is 1. The van der Waals surface area contributed by atoms with Gasteiger partial charge in [-0.25, -0.2) is 10.2 Å². The number of carbonyl (C=O) groups is 2. The Morgan fingerprint density at radius 3 is 2.54 bits per heavy atom. The van der Waals surface area contributed by atoms with E-state index in [1.165, 1.54) is 0 Å². The van der Waals surface area contributed by atoms with Crippen LogP contribution >= 0.6 is 0 Å². The van der Waals surface area contributed by atoms with Gasteiger partial charge < -0.3 is 10.0 Å². The van der Waals surface area contributed by atoms with Crippen molar-refractivity contribution in [2.75, 3.05) is 13.1 Å². The van der Waals surface area contributed by atoms with Crippen LogP contribution in [0.5, 0.6) is 0 Å². The standard InChI is InChI=1S/C18H25N3O3/c1-12-10-16(20-19-12)17(22)21-8-6-13(7-9-21)11-14-4-2-3-5-15(14)18(23)24/h2-5,12-13,16,19-20H,6-11H2,1H3,(H,23,24). The fourth-order valence-corrected chi connectivity index (χ4v) is 3.67. The van der Waals surface area contributed by atoms with Crippen LogP contribution in [-0.4, -0.2) is 47.1 Å². The first-order valence-corrected chi connectivity index (χ1v) is 8.65. The molecule has 2 aliphatic rings. The van der Waals surface area contributed by atoms with Crippen molar-refractivity contribution >= 4 is 11.9 Å². The summed E-state index contributed by atoms with van der Waals surface area (Å²) < 4.78 is 0. The molecular weight excluding hydrogens is 306 g/mol. The first kappa shape index (κ1) is 16.9. The van der Waals surface area contributed by atoms with Gasteiger partial charge in [-0.2, -0.15) is 0 Å². The summed E-state index contributed by atoms with van der Waals surface area (Å²) in [5.41, 5.74) is 7.45. The monoisotopic (exact) mass is 331 g/mol. The maximum Gasteiger partial charge on any atom is 0.335 e. The molecule has 3 N–H and O–H groups in total. The van der Waals surface area contributed by atoms with Gasteiger partial charge in [0, 0.05) is 19.1 Å². The smallest absolute Gasteiger partial charge is 0.335 e. The van der Waals surface area contributed by atoms with Gasteiger partial charge in [-0.3, -0.25) is 10.2 Å². The maximum absolute atomic E-state index is 12.5. The molecule has 2 unspecified atom stereocenters. The normalized spacial score (nSPS) is 25.0. The second-order valence-corrected chi connectivity index (χ2v) is 6.91. The van der Waals surface area contributed by atoms with Crippen LogP contribution in [0, 0.1) is 5.92 Å². The molecule has 6 nitrogen and oxygen atoms in total. The predicted molar refractivity (Wildman–Crippen MR) is 90.5 cm³/mol. The molecule has 0 bridgehead atoms. The van der Waals surface area contributed by atoms with E-state index in [4.69, 9.17) is 0 Å². The Labute approximate surface area is 142 Å². The van der Waals surface area contributed by atoms with Crippen molar-refractivity contribution in [3.63, 3.8) is 0 Å². The highest BCUT2D eigenvalue weighted by atomic mass is 16.4. The third kappa shape index (κ3) is 3.76. The van der Waals surface area contributed by atoms with Crippen LogP contribution < -0.4 is 10.9 Å². The lowest BCUT2D eigenvalue weighted by Gasteiger charge is -2.33. The Morgan fingerprint density at radius 1 is 1.21 bits per heavy atom. The van der Waals surface area contributed by atoms with E-state index in [0.29, 0.717) is 17.5 Å². The Bertz CT molecular complexity index is 611. The molecular formula is C18H25N3O3. The first-order chi connectivity index (χ1) is 11.5. The number of carboxylic acid groups (broad SMARTS) is 1. The molecule has 3 rings (SSSR count). The van der Waals surface area contributed by atoms with Gasteiger partial charge in [0.15, 0.2) is 0 Å². The summed E-state index contributed by atoms with van der Waals surface area (Å²) in [5, 5.41) is 9.29. The fourth-order valence-electron chi connectivity index (χ4n) is 3.67. The number of hydrazine groups is 1. The highest BCUT2D eigenvalue weighted by Crippen LogP contribution is 2.24. The molecule has 2 aliphatic heterocycles. The molecule has 0 aromatic heterocycles. The average Bonchev–Trinajstić information content (AvgIpc) is 3.02. The van der Waals surface area contributed by atoms with E-state index in [0.717, 1.165) is 44.3 Å². The largest absolute Gasteiger partial charge is 0.478 e. The highest BCUT2D eigenvalue weighted by Gasteiger charge is 2.32. The molecule has 2 heterocycles. The molecule has 0 spiro atoms. The van der Waals surface area contributed by atoms with Gasteiger partial charge in [0.2, 0.25) is 5.91 Å². The number of rotatable bonds is 4. The number of hydrogen-bond donors (Lipinski definition) is 3. The van der Waals surface area contributed by atoms with E-state index in [2.05, 4.69) is 17.8 Å². The van der Waals surface area contributed by atoms with Crippen molar-refractivity contribution < 1.29 is 14.7 Å². The van der Waals surface area contributed by atoms with E-state index in [9.17, 15) is 14.7 Å². The van der Waals surface area contributed by atoms with Crippen LogP contribution in [0.3, 0.4) is 0 Å². The van der Waals surface area contributed by atoms with E-state index in [1.807, 2.05) is 17.0 Å².